The zero-order valence-corrected chi connectivity index (χ0v) is 8.89. The molecular weight excluding hydrogens is 212 g/mol. The lowest BCUT2D eigenvalue weighted by molar-refractivity contribution is 0.160. The van der Waals surface area contributed by atoms with Gasteiger partial charge in [-0.1, -0.05) is 0 Å². The third-order valence-electron chi connectivity index (χ3n) is 2.86. The lowest BCUT2D eigenvalue weighted by Crippen LogP contribution is -2.50. The van der Waals surface area contributed by atoms with Crippen LogP contribution in [0.25, 0.3) is 0 Å². The smallest absolute Gasteiger partial charge is 0.298 e. The molecule has 2 aliphatic heterocycles. The minimum atomic E-state index is -3.49. The normalized spacial score (nSPS) is 31.9. The van der Waals surface area contributed by atoms with Crippen LogP contribution in [0, 0.1) is 0 Å². The highest BCUT2D eigenvalue weighted by atomic mass is 35.7. The van der Waals surface area contributed by atoms with Gasteiger partial charge >= 0.3 is 0 Å². The van der Waals surface area contributed by atoms with Crippen molar-refractivity contribution in [2.24, 2.45) is 0 Å². The number of halogens is 1. The summed E-state index contributed by atoms with van der Waals surface area (Å²) in [6, 6.07) is 0.405. The van der Waals surface area contributed by atoms with Gasteiger partial charge in [0.2, 0.25) is 0 Å². The van der Waals surface area contributed by atoms with Crippen LogP contribution in [0.3, 0.4) is 0 Å². The van der Waals surface area contributed by atoms with E-state index in [1.807, 2.05) is 0 Å². The maximum Gasteiger partial charge on any atom is 0.299 e. The van der Waals surface area contributed by atoms with E-state index < -0.39 is 9.24 Å². The van der Waals surface area contributed by atoms with E-state index in [0.29, 0.717) is 19.1 Å². The molecule has 0 aliphatic carbocycles. The summed E-state index contributed by atoms with van der Waals surface area (Å²) in [5.41, 5.74) is 0. The first-order chi connectivity index (χ1) is 6.07. The molecule has 0 aromatic carbocycles. The Morgan fingerprint density at radius 1 is 1.23 bits per heavy atom. The second-order valence-electron chi connectivity index (χ2n) is 3.63. The molecule has 0 N–H and O–H groups in total. The fourth-order valence-electron chi connectivity index (χ4n) is 2.16. The molecule has 0 spiro atoms. The summed E-state index contributed by atoms with van der Waals surface area (Å²) < 4.78 is 23.5. The molecule has 2 rings (SSSR count). The first-order valence-corrected chi connectivity index (χ1v) is 6.78. The van der Waals surface area contributed by atoms with Gasteiger partial charge < -0.3 is 0 Å². The quantitative estimate of drug-likeness (QED) is 0.600. The number of rotatable bonds is 1. The third-order valence-corrected chi connectivity index (χ3v) is 4.39. The van der Waals surface area contributed by atoms with Gasteiger partial charge in [-0.3, -0.25) is 4.90 Å². The maximum absolute atomic E-state index is 11.0. The Balaban J connectivity index is 2.05. The van der Waals surface area contributed by atoms with Crippen molar-refractivity contribution in [3.8, 4) is 0 Å². The van der Waals surface area contributed by atoms with Gasteiger partial charge in [-0.05, 0) is 19.4 Å². The largest absolute Gasteiger partial charge is 0.299 e. The lowest BCUT2D eigenvalue weighted by atomic mass is 10.2. The lowest BCUT2D eigenvalue weighted by Gasteiger charge is -2.35. The predicted molar refractivity (Wildman–Crippen MR) is 50.9 cm³/mol. The number of piperazine rings is 1. The van der Waals surface area contributed by atoms with Crippen molar-refractivity contribution < 1.29 is 8.42 Å². The summed E-state index contributed by atoms with van der Waals surface area (Å²) in [4.78, 5) is 2.35. The van der Waals surface area contributed by atoms with Crippen molar-refractivity contribution in [3.63, 3.8) is 0 Å². The van der Waals surface area contributed by atoms with E-state index in [1.54, 1.807) is 0 Å². The Kier molecular flexibility index (Phi) is 2.53. The van der Waals surface area contributed by atoms with Gasteiger partial charge in [0.15, 0.2) is 0 Å². The monoisotopic (exact) mass is 224 g/mol. The van der Waals surface area contributed by atoms with Crippen molar-refractivity contribution in [2.45, 2.75) is 18.9 Å². The molecule has 0 saturated carbocycles. The summed E-state index contributed by atoms with van der Waals surface area (Å²) >= 11 is 0. The van der Waals surface area contributed by atoms with E-state index in [9.17, 15) is 8.42 Å². The van der Waals surface area contributed by atoms with Crippen LogP contribution in [-0.4, -0.2) is 49.8 Å². The number of hydrogen-bond acceptors (Lipinski definition) is 3. The summed E-state index contributed by atoms with van der Waals surface area (Å²) in [7, 11) is 1.80. The fraction of sp³-hybridized carbons (Fsp3) is 1.00. The molecule has 0 bridgehead atoms. The number of fused-ring (bicyclic) bond motifs is 1. The summed E-state index contributed by atoms with van der Waals surface area (Å²) in [6.07, 6.45) is 2.28. The van der Waals surface area contributed by atoms with E-state index in [-0.39, 0.29) is 0 Å². The highest BCUT2D eigenvalue weighted by Crippen LogP contribution is 2.23. The summed E-state index contributed by atoms with van der Waals surface area (Å²) in [5, 5.41) is 0. The minimum absolute atomic E-state index is 0.405. The van der Waals surface area contributed by atoms with Crippen LogP contribution in [0.1, 0.15) is 12.8 Å². The van der Waals surface area contributed by atoms with Gasteiger partial charge in [-0.15, -0.1) is 0 Å². The Bertz CT molecular complexity index is 293. The number of nitrogens with zero attached hydrogens (tertiary/aromatic N) is 2. The highest BCUT2D eigenvalue weighted by molar-refractivity contribution is 8.11. The van der Waals surface area contributed by atoms with E-state index >= 15 is 0 Å². The van der Waals surface area contributed by atoms with Crippen LogP contribution in [-0.2, 0) is 9.24 Å². The Morgan fingerprint density at radius 2 is 2.00 bits per heavy atom. The van der Waals surface area contributed by atoms with E-state index in [4.69, 9.17) is 10.7 Å². The predicted octanol–water partition coefficient (Wildman–Crippen LogP) is 0.250. The first kappa shape index (κ1) is 9.71. The molecule has 4 nitrogen and oxygen atoms in total. The van der Waals surface area contributed by atoms with Crippen LogP contribution in [0.4, 0.5) is 0 Å². The van der Waals surface area contributed by atoms with Gasteiger partial charge in [0.25, 0.3) is 9.24 Å². The van der Waals surface area contributed by atoms with Gasteiger partial charge in [0.1, 0.15) is 0 Å². The molecule has 76 valence electrons. The zero-order chi connectivity index (χ0) is 9.47. The SMILES string of the molecule is O=S(=O)(Cl)N1CCN2CCCC2C1. The molecule has 0 radical (unpaired) electrons. The van der Waals surface area contributed by atoms with Crippen LogP contribution in [0.2, 0.25) is 0 Å². The zero-order valence-electron chi connectivity index (χ0n) is 7.32. The molecule has 13 heavy (non-hydrogen) atoms. The Hall–Kier alpha value is 0.160. The summed E-state index contributed by atoms with van der Waals surface area (Å²) in [5.74, 6) is 0. The second-order valence-corrected chi connectivity index (χ2v) is 6.14. The van der Waals surface area contributed by atoms with E-state index in [2.05, 4.69) is 4.90 Å². The maximum atomic E-state index is 11.0. The molecule has 6 heteroatoms. The van der Waals surface area contributed by atoms with Crippen molar-refractivity contribution in [1.29, 1.82) is 0 Å². The highest BCUT2D eigenvalue weighted by Gasteiger charge is 2.34. The van der Waals surface area contributed by atoms with E-state index in [0.717, 1.165) is 19.5 Å². The van der Waals surface area contributed by atoms with Crippen molar-refractivity contribution in [2.75, 3.05) is 26.2 Å². The van der Waals surface area contributed by atoms with Crippen LogP contribution in [0.5, 0.6) is 0 Å². The third kappa shape index (κ3) is 1.98. The van der Waals surface area contributed by atoms with Gasteiger partial charge in [-0.25, -0.2) is 0 Å². The molecule has 2 aliphatic rings. The molecular formula is C7H13ClN2O2S. The van der Waals surface area contributed by atoms with Crippen LogP contribution >= 0.6 is 10.7 Å². The molecule has 2 fully saturated rings. The van der Waals surface area contributed by atoms with Gasteiger partial charge in [-0.2, -0.15) is 12.7 Å². The van der Waals surface area contributed by atoms with Crippen molar-refractivity contribution in [1.82, 2.24) is 9.21 Å². The standard InChI is InChI=1S/C7H13ClN2O2S/c8-13(11,12)10-5-4-9-3-1-2-7(9)6-10/h7H,1-6H2. The van der Waals surface area contributed by atoms with Gasteiger partial charge in [0.05, 0.1) is 0 Å². The molecule has 1 unspecified atom stereocenters. The van der Waals surface area contributed by atoms with Crippen molar-refractivity contribution in [3.05, 3.63) is 0 Å². The van der Waals surface area contributed by atoms with Crippen LogP contribution < -0.4 is 0 Å². The van der Waals surface area contributed by atoms with Crippen molar-refractivity contribution >= 4 is 19.9 Å². The Morgan fingerprint density at radius 3 is 2.69 bits per heavy atom. The first-order valence-electron chi connectivity index (χ1n) is 4.51. The molecule has 0 amide bonds. The summed E-state index contributed by atoms with van der Waals surface area (Å²) in [6.45, 7) is 3.06. The average Bonchev–Trinajstić information content (AvgIpc) is 2.47. The molecule has 2 heterocycles. The van der Waals surface area contributed by atoms with Gasteiger partial charge in [0, 0.05) is 36.4 Å². The van der Waals surface area contributed by atoms with Crippen LogP contribution in [0.15, 0.2) is 0 Å². The molecule has 0 aromatic heterocycles. The minimum Gasteiger partial charge on any atom is -0.298 e. The topological polar surface area (TPSA) is 40.6 Å². The molecule has 1 atom stereocenters. The average molecular weight is 225 g/mol. The molecule has 2 saturated heterocycles. The molecule has 0 aromatic rings. The number of hydrogen-bond donors (Lipinski definition) is 0. The fourth-order valence-corrected chi connectivity index (χ4v) is 3.19. The van der Waals surface area contributed by atoms with E-state index in [1.165, 1.54) is 10.7 Å². The Labute approximate surface area is 83.0 Å². The second kappa shape index (κ2) is 3.38.